The molecule has 1 spiro atoms. The highest BCUT2D eigenvalue weighted by Crippen LogP contribution is 2.40. The van der Waals surface area contributed by atoms with Crippen LogP contribution in [0.4, 0.5) is 15.0 Å². The standard InChI is InChI=1S/C18H25BrFN3O2/c1-11-14(19)7-12-5-6-18(22-15(12)21-11)8-13(9-20)23(10-18)16(24)25-17(2,3)4/h7,13H,5-6,8-10H2,1-4H3,(H,21,22)/t13-,18+/m1/s1. The molecule has 3 heterocycles. The van der Waals surface area contributed by atoms with Gasteiger partial charge in [-0.2, -0.15) is 0 Å². The largest absolute Gasteiger partial charge is 0.444 e. The van der Waals surface area contributed by atoms with Gasteiger partial charge in [0.25, 0.3) is 0 Å². The maximum atomic E-state index is 13.6. The summed E-state index contributed by atoms with van der Waals surface area (Å²) in [6.45, 7) is 7.27. The number of carbonyl (C=O) groups is 1. The molecule has 1 saturated heterocycles. The number of carbonyl (C=O) groups excluding carboxylic acids is 1. The van der Waals surface area contributed by atoms with E-state index in [1.54, 1.807) is 0 Å². The molecule has 0 aromatic carbocycles. The zero-order chi connectivity index (χ0) is 18.4. The lowest BCUT2D eigenvalue weighted by Crippen LogP contribution is -2.46. The van der Waals surface area contributed by atoms with E-state index in [-0.39, 0.29) is 5.54 Å². The molecule has 0 radical (unpaired) electrons. The van der Waals surface area contributed by atoms with Crippen LogP contribution >= 0.6 is 15.9 Å². The molecular weight excluding hydrogens is 389 g/mol. The molecule has 0 aliphatic carbocycles. The van der Waals surface area contributed by atoms with Crippen LogP contribution in [0, 0.1) is 6.92 Å². The van der Waals surface area contributed by atoms with Crippen LogP contribution in [0.3, 0.4) is 0 Å². The molecule has 5 nitrogen and oxygen atoms in total. The number of rotatable bonds is 1. The Kier molecular flexibility index (Phi) is 4.73. The third-order valence-corrected chi connectivity index (χ3v) is 5.64. The Balaban J connectivity index is 1.81. The summed E-state index contributed by atoms with van der Waals surface area (Å²) in [7, 11) is 0. The van der Waals surface area contributed by atoms with Crippen LogP contribution in [0.1, 0.15) is 44.9 Å². The van der Waals surface area contributed by atoms with Crippen molar-refractivity contribution < 1.29 is 13.9 Å². The van der Waals surface area contributed by atoms with E-state index in [1.165, 1.54) is 4.90 Å². The Morgan fingerprint density at radius 1 is 1.56 bits per heavy atom. The SMILES string of the molecule is Cc1nc2c(cc1Br)CC[C@@]1(C[C@H](CF)N(C(=O)OC(C)(C)C)C1)N2. The smallest absolute Gasteiger partial charge is 0.410 e. The molecule has 7 heteroatoms. The Labute approximate surface area is 156 Å². The second-order valence-corrected chi connectivity index (χ2v) is 8.94. The lowest BCUT2D eigenvalue weighted by Gasteiger charge is -2.36. The van der Waals surface area contributed by atoms with Crippen molar-refractivity contribution in [3.05, 3.63) is 21.8 Å². The number of halogens is 2. The molecule has 0 bridgehead atoms. The molecule has 0 saturated carbocycles. The molecule has 2 atom stereocenters. The molecule has 3 rings (SSSR count). The van der Waals surface area contributed by atoms with E-state index < -0.39 is 24.4 Å². The minimum atomic E-state index is -0.592. The second kappa shape index (κ2) is 6.41. The first-order chi connectivity index (χ1) is 11.6. The molecule has 1 amide bonds. The highest BCUT2D eigenvalue weighted by molar-refractivity contribution is 9.10. The zero-order valence-corrected chi connectivity index (χ0v) is 16.7. The molecular formula is C18H25BrFN3O2. The van der Waals surface area contributed by atoms with Crippen LogP contribution in [0.5, 0.6) is 0 Å². The summed E-state index contributed by atoms with van der Waals surface area (Å²) in [4.78, 5) is 18.7. The van der Waals surface area contributed by atoms with E-state index in [9.17, 15) is 9.18 Å². The number of aryl methyl sites for hydroxylation is 2. The van der Waals surface area contributed by atoms with Gasteiger partial charge in [0, 0.05) is 11.0 Å². The van der Waals surface area contributed by atoms with Gasteiger partial charge in [0.2, 0.25) is 0 Å². The van der Waals surface area contributed by atoms with Gasteiger partial charge in [0.05, 0.1) is 17.3 Å². The number of nitrogens with zero attached hydrogens (tertiary/aromatic N) is 2. The Bertz CT molecular complexity index is 692. The predicted molar refractivity (Wildman–Crippen MR) is 98.7 cm³/mol. The van der Waals surface area contributed by atoms with Gasteiger partial charge in [-0.1, -0.05) is 0 Å². The highest BCUT2D eigenvalue weighted by atomic mass is 79.9. The number of ether oxygens (including phenoxy) is 1. The van der Waals surface area contributed by atoms with Gasteiger partial charge < -0.3 is 15.0 Å². The zero-order valence-electron chi connectivity index (χ0n) is 15.2. The van der Waals surface area contributed by atoms with Crippen LogP contribution in [0.25, 0.3) is 0 Å². The Hall–Kier alpha value is -1.37. The third kappa shape index (κ3) is 3.76. The minimum absolute atomic E-state index is 0.339. The molecule has 1 N–H and O–H groups in total. The normalized spacial score (nSPS) is 25.7. The fourth-order valence-electron chi connectivity index (χ4n) is 3.63. The topological polar surface area (TPSA) is 54.5 Å². The lowest BCUT2D eigenvalue weighted by atomic mass is 9.85. The third-order valence-electron chi connectivity index (χ3n) is 4.83. The van der Waals surface area contributed by atoms with Crippen LogP contribution < -0.4 is 5.32 Å². The van der Waals surface area contributed by atoms with Crippen molar-refractivity contribution >= 4 is 27.8 Å². The van der Waals surface area contributed by atoms with E-state index >= 15 is 0 Å². The van der Waals surface area contributed by atoms with E-state index in [1.807, 2.05) is 27.7 Å². The van der Waals surface area contributed by atoms with Gasteiger partial charge in [-0.3, -0.25) is 0 Å². The van der Waals surface area contributed by atoms with Gasteiger partial charge in [0.1, 0.15) is 18.1 Å². The van der Waals surface area contributed by atoms with Crippen molar-refractivity contribution in [1.29, 1.82) is 0 Å². The van der Waals surface area contributed by atoms with Crippen molar-refractivity contribution in [3.8, 4) is 0 Å². The minimum Gasteiger partial charge on any atom is -0.444 e. The summed E-state index contributed by atoms with van der Waals surface area (Å²) in [5.41, 5.74) is 1.13. The van der Waals surface area contributed by atoms with E-state index in [0.717, 1.165) is 34.4 Å². The molecule has 1 aromatic heterocycles. The lowest BCUT2D eigenvalue weighted by molar-refractivity contribution is 0.0201. The van der Waals surface area contributed by atoms with Crippen LogP contribution in [0.2, 0.25) is 0 Å². The number of likely N-dealkylation sites (tertiary alicyclic amines) is 1. The van der Waals surface area contributed by atoms with Gasteiger partial charge in [-0.25, -0.2) is 14.2 Å². The molecule has 1 fully saturated rings. The Morgan fingerprint density at radius 3 is 2.92 bits per heavy atom. The van der Waals surface area contributed by atoms with Crippen molar-refractivity contribution in [2.45, 2.75) is 64.1 Å². The van der Waals surface area contributed by atoms with Crippen molar-refractivity contribution in [1.82, 2.24) is 9.88 Å². The number of pyridine rings is 1. The van der Waals surface area contributed by atoms with Crippen molar-refractivity contribution in [2.75, 3.05) is 18.5 Å². The molecule has 138 valence electrons. The fourth-order valence-corrected chi connectivity index (χ4v) is 3.99. The van der Waals surface area contributed by atoms with E-state index in [0.29, 0.717) is 13.0 Å². The number of amides is 1. The van der Waals surface area contributed by atoms with Gasteiger partial charge in [-0.05, 0) is 74.5 Å². The number of fused-ring (bicyclic) bond motifs is 1. The molecule has 25 heavy (non-hydrogen) atoms. The monoisotopic (exact) mass is 413 g/mol. The first-order valence-electron chi connectivity index (χ1n) is 8.62. The number of alkyl halides is 1. The van der Waals surface area contributed by atoms with E-state index in [4.69, 9.17) is 4.74 Å². The molecule has 2 aliphatic heterocycles. The molecule has 2 aliphatic rings. The van der Waals surface area contributed by atoms with E-state index in [2.05, 4.69) is 32.3 Å². The molecule has 1 aromatic rings. The second-order valence-electron chi connectivity index (χ2n) is 8.09. The number of nitrogens with one attached hydrogen (secondary N) is 1. The first kappa shape index (κ1) is 18.4. The van der Waals surface area contributed by atoms with Crippen LogP contribution in [0.15, 0.2) is 10.5 Å². The van der Waals surface area contributed by atoms with Crippen molar-refractivity contribution in [3.63, 3.8) is 0 Å². The summed E-state index contributed by atoms with van der Waals surface area (Å²) >= 11 is 3.52. The maximum Gasteiger partial charge on any atom is 0.410 e. The van der Waals surface area contributed by atoms with Crippen LogP contribution in [-0.2, 0) is 11.2 Å². The summed E-state index contributed by atoms with van der Waals surface area (Å²) in [6.07, 6.45) is 1.82. The summed E-state index contributed by atoms with van der Waals surface area (Å²) in [5, 5.41) is 3.50. The first-order valence-corrected chi connectivity index (χ1v) is 9.41. The van der Waals surface area contributed by atoms with Gasteiger partial charge >= 0.3 is 6.09 Å². The maximum absolute atomic E-state index is 13.6. The van der Waals surface area contributed by atoms with Gasteiger partial charge in [-0.15, -0.1) is 0 Å². The number of aromatic nitrogens is 1. The highest BCUT2D eigenvalue weighted by Gasteiger charge is 2.48. The predicted octanol–water partition coefficient (Wildman–Crippen LogP) is 4.23. The summed E-state index contributed by atoms with van der Waals surface area (Å²) < 4.78 is 20.0. The average Bonchev–Trinajstić information content (AvgIpc) is 2.86. The quantitative estimate of drug-likeness (QED) is 0.748. The van der Waals surface area contributed by atoms with Crippen molar-refractivity contribution in [2.24, 2.45) is 0 Å². The number of hydrogen-bond acceptors (Lipinski definition) is 4. The van der Waals surface area contributed by atoms with Gasteiger partial charge in [0.15, 0.2) is 0 Å². The number of anilines is 1. The number of hydrogen-bond donors (Lipinski definition) is 1. The summed E-state index contributed by atoms with van der Waals surface area (Å²) in [5.74, 6) is 0.843. The van der Waals surface area contributed by atoms with Crippen LogP contribution in [-0.4, -0.2) is 46.4 Å². The summed E-state index contributed by atoms with van der Waals surface area (Å²) in [6, 6.07) is 1.63. The fraction of sp³-hybridized carbons (Fsp3) is 0.667. The molecule has 0 unspecified atom stereocenters. The Morgan fingerprint density at radius 2 is 2.28 bits per heavy atom. The average molecular weight is 414 g/mol.